The number of hydrogen-bond donors (Lipinski definition) is 2. The van der Waals surface area contributed by atoms with Gasteiger partial charge in [0, 0.05) is 53.9 Å². The van der Waals surface area contributed by atoms with Crippen molar-refractivity contribution in [2.75, 3.05) is 14.2 Å². The summed E-state index contributed by atoms with van der Waals surface area (Å²) in [7, 11) is 3.25. The second-order valence-electron chi connectivity index (χ2n) is 7.91. The molecule has 1 amide bonds. The van der Waals surface area contributed by atoms with Gasteiger partial charge < -0.3 is 19.8 Å². The van der Waals surface area contributed by atoms with Crippen molar-refractivity contribution in [3.63, 3.8) is 0 Å². The zero-order chi connectivity index (χ0) is 23.2. The molecule has 2 aromatic heterocycles. The Kier molecular flexibility index (Phi) is 6.93. The minimum absolute atomic E-state index is 0.0466. The number of ether oxygens (including phenoxy) is 2. The molecule has 0 saturated heterocycles. The summed E-state index contributed by atoms with van der Waals surface area (Å²) in [5.74, 6) is 1.02. The number of nitrogens with one attached hydrogen (secondary N) is 2. The second kappa shape index (κ2) is 10.2. The first kappa shape index (κ1) is 22.4. The summed E-state index contributed by atoms with van der Waals surface area (Å²) in [4.78, 5) is 20.7. The predicted octanol–water partition coefficient (Wildman–Crippen LogP) is 4.98. The van der Waals surface area contributed by atoms with E-state index in [1.165, 1.54) is 5.56 Å². The fourth-order valence-corrected chi connectivity index (χ4v) is 4.36. The van der Waals surface area contributed by atoms with Crippen molar-refractivity contribution in [1.29, 1.82) is 0 Å². The molecule has 0 bridgehead atoms. The lowest BCUT2D eigenvalue weighted by Gasteiger charge is -2.21. The van der Waals surface area contributed by atoms with Crippen LogP contribution in [0.1, 0.15) is 41.5 Å². The Morgan fingerprint density at radius 3 is 2.64 bits per heavy atom. The minimum Gasteiger partial charge on any atom is -0.493 e. The molecule has 0 aliphatic heterocycles. The van der Waals surface area contributed by atoms with Crippen molar-refractivity contribution in [1.82, 2.24) is 15.3 Å². The van der Waals surface area contributed by atoms with E-state index in [4.69, 9.17) is 9.47 Å². The third-order valence-electron chi connectivity index (χ3n) is 6.00. The number of pyridine rings is 1. The van der Waals surface area contributed by atoms with Crippen molar-refractivity contribution in [2.24, 2.45) is 0 Å². The van der Waals surface area contributed by atoms with Crippen LogP contribution in [0.3, 0.4) is 0 Å². The van der Waals surface area contributed by atoms with Gasteiger partial charge in [0.05, 0.1) is 14.2 Å². The van der Waals surface area contributed by atoms with Crippen molar-refractivity contribution in [3.8, 4) is 11.5 Å². The van der Waals surface area contributed by atoms with Crippen LogP contribution in [0.2, 0.25) is 0 Å². The van der Waals surface area contributed by atoms with Crippen LogP contribution in [0.25, 0.3) is 10.9 Å². The number of carbonyl (C=O) groups is 1. The largest absolute Gasteiger partial charge is 0.493 e. The standard InChI is InChI=1S/C27H29N3O3/c1-4-19-9-5-10-20-23(17-30-26(19)20)22(21-11-6-12-24(32-2)27(21)33-3)14-25(31)29-16-18-8-7-13-28-15-18/h5-13,15,17,22,30H,4,14,16H2,1-3H3,(H,29,31)/t22-/m1/s1. The fraction of sp³-hybridized carbons (Fsp3) is 0.259. The highest BCUT2D eigenvalue weighted by molar-refractivity contribution is 5.88. The maximum atomic E-state index is 13.1. The van der Waals surface area contributed by atoms with Crippen molar-refractivity contribution >= 4 is 16.8 Å². The maximum Gasteiger partial charge on any atom is 0.221 e. The topological polar surface area (TPSA) is 76.2 Å². The number of methoxy groups -OCH3 is 2. The first-order valence-corrected chi connectivity index (χ1v) is 11.1. The monoisotopic (exact) mass is 443 g/mol. The van der Waals surface area contributed by atoms with E-state index in [0.717, 1.165) is 34.0 Å². The molecule has 2 N–H and O–H groups in total. The van der Waals surface area contributed by atoms with Crippen LogP contribution >= 0.6 is 0 Å². The average molecular weight is 444 g/mol. The van der Waals surface area contributed by atoms with Crippen LogP contribution in [-0.2, 0) is 17.8 Å². The highest BCUT2D eigenvalue weighted by atomic mass is 16.5. The van der Waals surface area contributed by atoms with Crippen LogP contribution in [0.15, 0.2) is 67.1 Å². The van der Waals surface area contributed by atoms with E-state index in [9.17, 15) is 4.79 Å². The lowest BCUT2D eigenvalue weighted by atomic mass is 9.86. The molecule has 4 rings (SSSR count). The number of benzene rings is 2. The number of hydrogen-bond acceptors (Lipinski definition) is 4. The molecule has 2 aromatic carbocycles. The number of amides is 1. The highest BCUT2D eigenvalue weighted by Crippen LogP contribution is 2.42. The summed E-state index contributed by atoms with van der Waals surface area (Å²) in [6.45, 7) is 2.58. The number of H-pyrrole nitrogens is 1. The van der Waals surface area contributed by atoms with Crippen LogP contribution in [0, 0.1) is 0 Å². The summed E-state index contributed by atoms with van der Waals surface area (Å²) in [6, 6.07) is 15.9. The maximum absolute atomic E-state index is 13.1. The molecule has 33 heavy (non-hydrogen) atoms. The molecule has 0 fully saturated rings. The molecule has 6 heteroatoms. The van der Waals surface area contributed by atoms with E-state index in [0.29, 0.717) is 18.0 Å². The predicted molar refractivity (Wildman–Crippen MR) is 130 cm³/mol. The first-order valence-electron chi connectivity index (χ1n) is 11.1. The normalized spacial score (nSPS) is 11.8. The van der Waals surface area contributed by atoms with E-state index in [1.54, 1.807) is 26.6 Å². The molecular weight excluding hydrogens is 414 g/mol. The van der Waals surface area contributed by atoms with Gasteiger partial charge in [-0.15, -0.1) is 0 Å². The molecule has 170 valence electrons. The molecule has 0 spiro atoms. The van der Waals surface area contributed by atoms with Crippen molar-refractivity contribution in [2.45, 2.75) is 32.2 Å². The number of fused-ring (bicyclic) bond motifs is 1. The van der Waals surface area contributed by atoms with Gasteiger partial charge in [-0.05, 0) is 35.2 Å². The Hall–Kier alpha value is -3.80. The summed E-state index contributed by atoms with van der Waals surface area (Å²) >= 11 is 0. The van der Waals surface area contributed by atoms with E-state index >= 15 is 0 Å². The lowest BCUT2D eigenvalue weighted by molar-refractivity contribution is -0.121. The number of para-hydroxylation sites is 2. The highest BCUT2D eigenvalue weighted by Gasteiger charge is 2.26. The van der Waals surface area contributed by atoms with Gasteiger partial charge in [0.2, 0.25) is 5.91 Å². The lowest BCUT2D eigenvalue weighted by Crippen LogP contribution is -2.25. The minimum atomic E-state index is -0.218. The second-order valence-corrected chi connectivity index (χ2v) is 7.91. The molecular formula is C27H29N3O3. The Labute approximate surface area is 194 Å². The molecule has 6 nitrogen and oxygen atoms in total. The van der Waals surface area contributed by atoms with Crippen LogP contribution in [-0.4, -0.2) is 30.1 Å². The number of nitrogens with zero attached hydrogens (tertiary/aromatic N) is 1. The quantitative estimate of drug-likeness (QED) is 0.382. The Balaban J connectivity index is 1.73. The van der Waals surface area contributed by atoms with Gasteiger partial charge in [-0.25, -0.2) is 0 Å². The number of carbonyl (C=O) groups excluding carboxylic acids is 1. The molecule has 0 unspecified atom stereocenters. The molecule has 0 saturated carbocycles. The van der Waals surface area contributed by atoms with Crippen LogP contribution in [0.4, 0.5) is 0 Å². The number of aromatic nitrogens is 2. The summed E-state index contributed by atoms with van der Waals surface area (Å²) in [5.41, 5.74) is 5.29. The van der Waals surface area contributed by atoms with Gasteiger partial charge in [-0.2, -0.15) is 0 Å². The summed E-state index contributed by atoms with van der Waals surface area (Å²) in [6.07, 6.45) is 6.69. The average Bonchev–Trinajstić information content (AvgIpc) is 3.30. The third-order valence-corrected chi connectivity index (χ3v) is 6.00. The van der Waals surface area contributed by atoms with E-state index in [-0.39, 0.29) is 18.2 Å². The van der Waals surface area contributed by atoms with Gasteiger partial charge in [-0.1, -0.05) is 43.3 Å². The van der Waals surface area contributed by atoms with Gasteiger partial charge in [0.15, 0.2) is 11.5 Å². The zero-order valence-electron chi connectivity index (χ0n) is 19.2. The Morgan fingerprint density at radius 2 is 1.91 bits per heavy atom. The fourth-order valence-electron chi connectivity index (χ4n) is 4.36. The van der Waals surface area contributed by atoms with E-state index in [1.807, 2.05) is 36.5 Å². The number of aromatic amines is 1. The summed E-state index contributed by atoms with van der Waals surface area (Å²) in [5, 5.41) is 4.15. The molecule has 2 heterocycles. The molecule has 0 radical (unpaired) electrons. The van der Waals surface area contributed by atoms with Gasteiger partial charge in [-0.3, -0.25) is 9.78 Å². The van der Waals surface area contributed by atoms with Crippen LogP contribution < -0.4 is 14.8 Å². The van der Waals surface area contributed by atoms with Crippen molar-refractivity contribution < 1.29 is 14.3 Å². The molecule has 4 aromatic rings. The SMILES string of the molecule is CCc1cccc2c([C@H](CC(=O)NCc3cccnc3)c3cccc(OC)c3OC)c[nH]c12. The number of aryl methyl sites for hydroxylation is 1. The van der Waals surface area contributed by atoms with Gasteiger partial charge >= 0.3 is 0 Å². The molecule has 0 aliphatic carbocycles. The van der Waals surface area contributed by atoms with Crippen LogP contribution in [0.5, 0.6) is 11.5 Å². The van der Waals surface area contributed by atoms with Crippen molar-refractivity contribution in [3.05, 3.63) is 89.4 Å². The first-order chi connectivity index (χ1) is 16.2. The Morgan fingerprint density at radius 1 is 1.06 bits per heavy atom. The molecule has 0 aliphatic rings. The Bertz CT molecular complexity index is 1230. The van der Waals surface area contributed by atoms with E-state index < -0.39 is 0 Å². The van der Waals surface area contributed by atoms with E-state index in [2.05, 4.69) is 40.4 Å². The summed E-state index contributed by atoms with van der Waals surface area (Å²) < 4.78 is 11.3. The zero-order valence-corrected chi connectivity index (χ0v) is 19.2. The van der Waals surface area contributed by atoms with Gasteiger partial charge in [0.25, 0.3) is 0 Å². The third kappa shape index (κ3) is 4.70. The molecule has 1 atom stereocenters. The van der Waals surface area contributed by atoms with Gasteiger partial charge in [0.1, 0.15) is 0 Å². The number of rotatable bonds is 9. The smallest absolute Gasteiger partial charge is 0.221 e.